The fourth-order valence-electron chi connectivity index (χ4n) is 3.94. The predicted octanol–water partition coefficient (Wildman–Crippen LogP) is 2.63. The first kappa shape index (κ1) is 14.6. The lowest BCUT2D eigenvalue weighted by Gasteiger charge is -2.47. The second-order valence-corrected chi connectivity index (χ2v) is 7.05. The molecule has 0 aromatic carbocycles. The summed E-state index contributed by atoms with van der Waals surface area (Å²) in [6.45, 7) is 12.1. The molecule has 4 heteroatoms. The van der Waals surface area contributed by atoms with Crippen LogP contribution in [0.3, 0.4) is 0 Å². The van der Waals surface area contributed by atoms with E-state index in [1.165, 1.54) is 6.42 Å². The Balaban J connectivity index is 2.00. The van der Waals surface area contributed by atoms with E-state index >= 15 is 0 Å². The summed E-state index contributed by atoms with van der Waals surface area (Å²) < 4.78 is 5.10. The molecule has 2 rings (SSSR count). The lowest BCUT2D eigenvalue weighted by Crippen LogP contribution is -2.52. The third-order valence-electron chi connectivity index (χ3n) is 4.73. The number of carbonyl (C=O) groups is 1. The molecular formula is C15H28N2O2. The summed E-state index contributed by atoms with van der Waals surface area (Å²) in [4.78, 5) is 13.6. The molecule has 1 atom stereocenters. The summed E-state index contributed by atoms with van der Waals surface area (Å²) in [5.74, 6) is 0. The number of piperidine rings is 1. The van der Waals surface area contributed by atoms with Crippen LogP contribution in [0.2, 0.25) is 0 Å². The fraction of sp³-hybridized carbons (Fsp3) is 0.933. The Bertz CT molecular complexity index is 328. The molecular weight excluding hydrogens is 240 g/mol. The monoisotopic (exact) mass is 268 g/mol. The van der Waals surface area contributed by atoms with Crippen LogP contribution >= 0.6 is 0 Å². The topological polar surface area (TPSA) is 41.6 Å². The number of hydrogen-bond acceptors (Lipinski definition) is 3. The minimum Gasteiger partial charge on any atom is -0.450 e. The smallest absolute Gasteiger partial charge is 0.409 e. The largest absolute Gasteiger partial charge is 0.450 e. The van der Waals surface area contributed by atoms with Gasteiger partial charge < -0.3 is 15.0 Å². The molecule has 1 N–H and O–H groups in total. The molecule has 1 unspecified atom stereocenters. The van der Waals surface area contributed by atoms with Gasteiger partial charge in [0, 0.05) is 19.1 Å². The molecule has 0 aliphatic carbocycles. The summed E-state index contributed by atoms with van der Waals surface area (Å²) in [7, 11) is 0. The van der Waals surface area contributed by atoms with E-state index in [0.29, 0.717) is 18.1 Å². The Kier molecular flexibility index (Phi) is 4.09. The van der Waals surface area contributed by atoms with Gasteiger partial charge in [-0.15, -0.1) is 0 Å². The lowest BCUT2D eigenvalue weighted by molar-refractivity contribution is 0.0409. The zero-order valence-electron chi connectivity index (χ0n) is 12.8. The van der Waals surface area contributed by atoms with Gasteiger partial charge in [0.2, 0.25) is 0 Å². The van der Waals surface area contributed by atoms with E-state index in [2.05, 4.69) is 26.1 Å². The van der Waals surface area contributed by atoms with Crippen molar-refractivity contribution in [2.24, 2.45) is 10.8 Å². The highest BCUT2D eigenvalue weighted by Gasteiger charge is 2.49. The summed E-state index contributed by atoms with van der Waals surface area (Å²) in [5, 5.41) is 3.69. The third kappa shape index (κ3) is 2.88. The van der Waals surface area contributed by atoms with Crippen LogP contribution in [0.5, 0.6) is 0 Å². The molecule has 0 bridgehead atoms. The highest BCUT2D eigenvalue weighted by Crippen LogP contribution is 2.47. The van der Waals surface area contributed by atoms with Gasteiger partial charge in [0.15, 0.2) is 0 Å². The maximum atomic E-state index is 11.8. The normalized spacial score (nSPS) is 26.7. The number of amides is 1. The van der Waals surface area contributed by atoms with Crippen molar-refractivity contribution in [3.63, 3.8) is 0 Å². The second kappa shape index (κ2) is 5.31. The van der Waals surface area contributed by atoms with Crippen molar-refractivity contribution in [1.29, 1.82) is 0 Å². The van der Waals surface area contributed by atoms with Gasteiger partial charge in [-0.25, -0.2) is 4.79 Å². The van der Waals surface area contributed by atoms with Gasteiger partial charge in [-0.3, -0.25) is 0 Å². The van der Waals surface area contributed by atoms with Crippen molar-refractivity contribution in [3.8, 4) is 0 Å². The SMILES string of the molecule is CCOC(=O)N1CCC2(CCNC2C(C)(C)C)CC1. The molecule has 4 nitrogen and oxygen atoms in total. The van der Waals surface area contributed by atoms with E-state index in [4.69, 9.17) is 4.74 Å². The first-order valence-corrected chi connectivity index (χ1v) is 7.54. The van der Waals surface area contributed by atoms with Gasteiger partial charge in [0.05, 0.1) is 6.61 Å². The van der Waals surface area contributed by atoms with Gasteiger partial charge in [0.1, 0.15) is 0 Å². The summed E-state index contributed by atoms with van der Waals surface area (Å²) in [6, 6.07) is 0.560. The summed E-state index contributed by atoms with van der Waals surface area (Å²) in [5.41, 5.74) is 0.657. The van der Waals surface area contributed by atoms with Gasteiger partial charge in [-0.1, -0.05) is 20.8 Å². The molecule has 0 saturated carbocycles. The van der Waals surface area contributed by atoms with Gasteiger partial charge >= 0.3 is 6.09 Å². The molecule has 0 aromatic heterocycles. The average Bonchev–Trinajstić information content (AvgIpc) is 2.74. The van der Waals surface area contributed by atoms with Crippen LogP contribution in [0.1, 0.15) is 47.0 Å². The van der Waals surface area contributed by atoms with Crippen LogP contribution in [0.4, 0.5) is 4.79 Å². The molecule has 19 heavy (non-hydrogen) atoms. The number of nitrogens with zero attached hydrogens (tertiary/aromatic N) is 1. The van der Waals surface area contributed by atoms with E-state index in [0.717, 1.165) is 32.5 Å². The maximum absolute atomic E-state index is 11.8. The zero-order chi connectivity index (χ0) is 14.1. The second-order valence-electron chi connectivity index (χ2n) is 7.05. The predicted molar refractivity (Wildman–Crippen MR) is 76.1 cm³/mol. The van der Waals surface area contributed by atoms with Crippen LogP contribution in [-0.4, -0.2) is 43.3 Å². The average molecular weight is 268 g/mol. The van der Waals surface area contributed by atoms with Gasteiger partial charge in [-0.05, 0) is 43.6 Å². The summed E-state index contributed by atoms with van der Waals surface area (Å²) in [6.07, 6.45) is 3.29. The van der Waals surface area contributed by atoms with Gasteiger partial charge in [-0.2, -0.15) is 0 Å². The Labute approximate surface area is 116 Å². The lowest BCUT2D eigenvalue weighted by atomic mass is 9.65. The van der Waals surface area contributed by atoms with Crippen LogP contribution < -0.4 is 5.32 Å². The molecule has 2 saturated heterocycles. The van der Waals surface area contributed by atoms with Crippen LogP contribution in [0.25, 0.3) is 0 Å². The Morgan fingerprint density at radius 2 is 1.95 bits per heavy atom. The van der Waals surface area contributed by atoms with Crippen LogP contribution in [0.15, 0.2) is 0 Å². The number of ether oxygens (including phenoxy) is 1. The maximum Gasteiger partial charge on any atom is 0.409 e. The van der Waals surface area contributed by atoms with Crippen molar-refractivity contribution >= 4 is 6.09 Å². The number of hydrogen-bond donors (Lipinski definition) is 1. The standard InChI is InChI=1S/C15H28N2O2/c1-5-19-13(18)17-10-7-15(8-11-17)6-9-16-12(15)14(2,3)4/h12,16H,5-11H2,1-4H3. The molecule has 2 fully saturated rings. The Hall–Kier alpha value is -0.770. The van der Waals surface area contributed by atoms with Crippen molar-refractivity contribution in [2.45, 2.75) is 53.0 Å². The van der Waals surface area contributed by atoms with E-state index < -0.39 is 0 Å². The fourth-order valence-corrected chi connectivity index (χ4v) is 3.94. The highest BCUT2D eigenvalue weighted by molar-refractivity contribution is 5.67. The Morgan fingerprint density at radius 3 is 2.47 bits per heavy atom. The molecule has 2 aliphatic rings. The van der Waals surface area contributed by atoms with Crippen molar-refractivity contribution in [2.75, 3.05) is 26.2 Å². The zero-order valence-corrected chi connectivity index (χ0v) is 12.8. The first-order valence-electron chi connectivity index (χ1n) is 7.54. The molecule has 1 amide bonds. The first-order chi connectivity index (χ1) is 8.89. The highest BCUT2D eigenvalue weighted by atomic mass is 16.6. The molecule has 110 valence electrons. The van der Waals surface area contributed by atoms with Crippen LogP contribution in [0, 0.1) is 10.8 Å². The minimum absolute atomic E-state index is 0.143. The molecule has 2 aliphatic heterocycles. The number of likely N-dealkylation sites (tertiary alicyclic amines) is 1. The molecule has 0 radical (unpaired) electrons. The molecule has 0 aromatic rings. The molecule has 1 spiro atoms. The third-order valence-corrected chi connectivity index (χ3v) is 4.73. The van der Waals surface area contributed by atoms with E-state index in [-0.39, 0.29) is 11.5 Å². The van der Waals surface area contributed by atoms with Crippen molar-refractivity contribution < 1.29 is 9.53 Å². The number of rotatable bonds is 1. The van der Waals surface area contributed by atoms with E-state index in [9.17, 15) is 4.79 Å². The van der Waals surface area contributed by atoms with Gasteiger partial charge in [0.25, 0.3) is 0 Å². The molecule has 2 heterocycles. The van der Waals surface area contributed by atoms with Crippen LogP contribution in [-0.2, 0) is 4.74 Å². The van der Waals surface area contributed by atoms with Crippen molar-refractivity contribution in [1.82, 2.24) is 10.2 Å². The van der Waals surface area contributed by atoms with E-state index in [1.807, 2.05) is 11.8 Å². The van der Waals surface area contributed by atoms with E-state index in [1.54, 1.807) is 0 Å². The quantitative estimate of drug-likeness (QED) is 0.795. The van der Waals surface area contributed by atoms with Crippen molar-refractivity contribution in [3.05, 3.63) is 0 Å². The minimum atomic E-state index is -0.143. The number of nitrogens with one attached hydrogen (secondary N) is 1. The Morgan fingerprint density at radius 1 is 1.32 bits per heavy atom. The summed E-state index contributed by atoms with van der Waals surface area (Å²) >= 11 is 0. The number of carbonyl (C=O) groups excluding carboxylic acids is 1.